The Bertz CT molecular complexity index is 502. The van der Waals surface area contributed by atoms with Crippen molar-refractivity contribution in [1.29, 1.82) is 0 Å². The van der Waals surface area contributed by atoms with Crippen LogP contribution in [0.25, 0.3) is 0 Å². The lowest BCUT2D eigenvalue weighted by Gasteiger charge is -2.30. The number of aliphatic carboxylic acids is 1. The fraction of sp³-hybridized carbons (Fsp3) is 0.769. The molecule has 1 fully saturated rings. The fourth-order valence-electron chi connectivity index (χ4n) is 2.39. The molecule has 5 nitrogen and oxygen atoms in total. The van der Waals surface area contributed by atoms with E-state index in [9.17, 15) is 4.79 Å². The first-order valence-electron chi connectivity index (χ1n) is 6.69. The van der Waals surface area contributed by atoms with Crippen molar-refractivity contribution >= 4 is 29.5 Å². The van der Waals surface area contributed by atoms with Crippen LogP contribution in [0.5, 0.6) is 0 Å². The Kier molecular flexibility index (Phi) is 4.39. The maximum Gasteiger partial charge on any atom is 0.313 e. The largest absolute Gasteiger partial charge is 0.481 e. The maximum atomic E-state index is 10.8. The summed E-state index contributed by atoms with van der Waals surface area (Å²) in [7, 11) is 0. The molecule has 0 spiro atoms. The molecule has 112 valence electrons. The van der Waals surface area contributed by atoms with Crippen LogP contribution in [-0.2, 0) is 15.1 Å². The third kappa shape index (κ3) is 3.14. The van der Waals surface area contributed by atoms with Crippen LogP contribution >= 0.6 is 23.5 Å². The van der Waals surface area contributed by atoms with Gasteiger partial charge in [-0.2, -0.15) is 0 Å². The molecule has 0 radical (unpaired) electrons. The van der Waals surface area contributed by atoms with Gasteiger partial charge >= 0.3 is 5.97 Å². The summed E-state index contributed by atoms with van der Waals surface area (Å²) in [6, 6.07) is 0. The van der Waals surface area contributed by atoms with Gasteiger partial charge in [-0.1, -0.05) is 11.8 Å². The number of aromatic nitrogens is 3. The molecule has 1 N–H and O–H groups in total. The van der Waals surface area contributed by atoms with Crippen LogP contribution < -0.4 is 0 Å². The van der Waals surface area contributed by atoms with Gasteiger partial charge in [-0.05, 0) is 46.3 Å². The molecule has 0 saturated carbocycles. The highest BCUT2D eigenvalue weighted by molar-refractivity contribution is 8.00. The number of nitrogens with zero attached hydrogens (tertiary/aromatic N) is 3. The molecule has 1 aliphatic heterocycles. The number of carboxylic acids is 1. The topological polar surface area (TPSA) is 68.0 Å². The molecule has 20 heavy (non-hydrogen) atoms. The Morgan fingerprint density at radius 1 is 1.50 bits per heavy atom. The number of hydrogen-bond acceptors (Lipinski definition) is 5. The van der Waals surface area contributed by atoms with Crippen molar-refractivity contribution in [2.24, 2.45) is 0 Å². The number of hydrogen-bond donors (Lipinski definition) is 1. The van der Waals surface area contributed by atoms with Crippen molar-refractivity contribution in [1.82, 2.24) is 14.8 Å². The third-order valence-electron chi connectivity index (χ3n) is 3.32. The van der Waals surface area contributed by atoms with Gasteiger partial charge in [0.2, 0.25) is 0 Å². The number of carboxylic acid groups (broad SMARTS) is 1. The molecule has 0 aromatic carbocycles. The van der Waals surface area contributed by atoms with Crippen LogP contribution in [-0.4, -0.2) is 37.3 Å². The predicted molar refractivity (Wildman–Crippen MR) is 82.4 cm³/mol. The Labute approximate surface area is 127 Å². The van der Waals surface area contributed by atoms with Crippen LogP contribution in [0, 0.1) is 0 Å². The summed E-state index contributed by atoms with van der Waals surface area (Å²) in [4.78, 5) is 10.8. The second-order valence-corrected chi connectivity index (χ2v) is 8.72. The zero-order valence-corrected chi connectivity index (χ0v) is 14.0. The van der Waals surface area contributed by atoms with Crippen molar-refractivity contribution < 1.29 is 9.90 Å². The zero-order valence-electron chi connectivity index (χ0n) is 12.3. The van der Waals surface area contributed by atoms with Crippen molar-refractivity contribution in [3.63, 3.8) is 0 Å². The smallest absolute Gasteiger partial charge is 0.313 e. The van der Waals surface area contributed by atoms with Gasteiger partial charge < -0.3 is 5.11 Å². The van der Waals surface area contributed by atoms with Gasteiger partial charge in [0.1, 0.15) is 5.82 Å². The molecule has 1 aromatic heterocycles. The lowest BCUT2D eigenvalue weighted by Crippen LogP contribution is -2.30. The van der Waals surface area contributed by atoms with E-state index in [1.165, 1.54) is 18.2 Å². The summed E-state index contributed by atoms with van der Waals surface area (Å²) in [5, 5.41) is 18.2. The van der Waals surface area contributed by atoms with Crippen LogP contribution in [0.3, 0.4) is 0 Å². The summed E-state index contributed by atoms with van der Waals surface area (Å²) in [5.41, 5.74) is -0.161. The summed E-state index contributed by atoms with van der Waals surface area (Å²) >= 11 is 3.16. The normalized spacial score (nSPS) is 23.2. The molecular formula is C13H21N3O2S2. The van der Waals surface area contributed by atoms with E-state index in [0.717, 1.165) is 18.0 Å². The molecule has 1 unspecified atom stereocenters. The van der Waals surface area contributed by atoms with Gasteiger partial charge in [0.25, 0.3) is 0 Å². The summed E-state index contributed by atoms with van der Waals surface area (Å²) in [6.45, 7) is 8.53. The molecule has 0 bridgehead atoms. The van der Waals surface area contributed by atoms with Gasteiger partial charge in [0, 0.05) is 5.54 Å². The SMILES string of the molecule is CC1(c2nnc(SCC(=O)O)n2C(C)(C)C)CCCS1. The third-order valence-corrected chi connectivity index (χ3v) is 5.75. The molecule has 1 atom stereocenters. The first-order valence-corrected chi connectivity index (χ1v) is 8.66. The van der Waals surface area contributed by atoms with Gasteiger partial charge in [0.15, 0.2) is 5.16 Å². The lowest BCUT2D eigenvalue weighted by atomic mass is 10.0. The Hall–Kier alpha value is -0.690. The van der Waals surface area contributed by atoms with Crippen molar-refractivity contribution in [3.8, 4) is 0 Å². The quantitative estimate of drug-likeness (QED) is 0.862. The van der Waals surface area contributed by atoms with E-state index in [0.29, 0.717) is 5.16 Å². The van der Waals surface area contributed by atoms with Gasteiger partial charge in [0.05, 0.1) is 10.5 Å². The number of thioether (sulfide) groups is 2. The second kappa shape index (κ2) is 5.60. The van der Waals surface area contributed by atoms with Gasteiger partial charge in [-0.15, -0.1) is 22.0 Å². The minimum atomic E-state index is -0.832. The molecule has 0 aliphatic carbocycles. The van der Waals surface area contributed by atoms with E-state index in [1.807, 2.05) is 11.8 Å². The molecule has 0 amide bonds. The summed E-state index contributed by atoms with van der Waals surface area (Å²) in [6.07, 6.45) is 2.28. The molecule has 2 rings (SSSR count). The van der Waals surface area contributed by atoms with Crippen LogP contribution in [0.4, 0.5) is 0 Å². The monoisotopic (exact) mass is 315 g/mol. The molecule has 1 aromatic rings. The minimum Gasteiger partial charge on any atom is -0.481 e. The standard InChI is InChI=1S/C13H21N3O2S2/c1-12(2,3)16-10(13(4)6-5-7-20-13)14-15-11(16)19-8-9(17)18/h5-8H2,1-4H3,(H,17,18). The molecule has 1 aliphatic rings. The number of rotatable bonds is 4. The predicted octanol–water partition coefficient (Wildman–Crippen LogP) is 2.95. The zero-order chi connectivity index (χ0) is 15.0. The van der Waals surface area contributed by atoms with E-state index in [2.05, 4.69) is 42.5 Å². The van der Waals surface area contributed by atoms with Crippen LogP contribution in [0.2, 0.25) is 0 Å². The number of carbonyl (C=O) groups is 1. The average Bonchev–Trinajstić information content (AvgIpc) is 2.92. The highest BCUT2D eigenvalue weighted by Gasteiger charge is 2.39. The molecule has 2 heterocycles. The summed E-state index contributed by atoms with van der Waals surface area (Å²) < 4.78 is 2.10. The fourth-order valence-corrected chi connectivity index (χ4v) is 4.52. The van der Waals surface area contributed by atoms with E-state index >= 15 is 0 Å². The minimum absolute atomic E-state index is 0.0116. The Morgan fingerprint density at radius 2 is 2.20 bits per heavy atom. The average molecular weight is 315 g/mol. The first kappa shape index (κ1) is 15.7. The van der Waals surface area contributed by atoms with Crippen molar-refractivity contribution in [3.05, 3.63) is 5.82 Å². The van der Waals surface area contributed by atoms with Crippen molar-refractivity contribution in [2.45, 2.75) is 56.0 Å². The van der Waals surface area contributed by atoms with E-state index in [-0.39, 0.29) is 16.0 Å². The first-order chi connectivity index (χ1) is 9.24. The summed E-state index contributed by atoms with van der Waals surface area (Å²) in [5.74, 6) is 1.30. The second-order valence-electron chi connectivity index (χ2n) is 6.18. The molecule has 1 saturated heterocycles. The lowest BCUT2D eigenvalue weighted by molar-refractivity contribution is -0.133. The van der Waals surface area contributed by atoms with E-state index in [1.54, 1.807) is 0 Å². The Morgan fingerprint density at radius 3 is 2.70 bits per heavy atom. The molecular weight excluding hydrogens is 294 g/mol. The van der Waals surface area contributed by atoms with Crippen LogP contribution in [0.1, 0.15) is 46.4 Å². The Balaban J connectivity index is 2.40. The van der Waals surface area contributed by atoms with Crippen LogP contribution in [0.15, 0.2) is 5.16 Å². The van der Waals surface area contributed by atoms with E-state index < -0.39 is 5.97 Å². The highest BCUT2D eigenvalue weighted by atomic mass is 32.2. The highest BCUT2D eigenvalue weighted by Crippen LogP contribution is 2.47. The van der Waals surface area contributed by atoms with Crippen molar-refractivity contribution in [2.75, 3.05) is 11.5 Å². The van der Waals surface area contributed by atoms with E-state index in [4.69, 9.17) is 5.11 Å². The maximum absolute atomic E-state index is 10.8. The van der Waals surface area contributed by atoms with Gasteiger partial charge in [-0.3, -0.25) is 9.36 Å². The molecule has 7 heteroatoms. The van der Waals surface area contributed by atoms with Gasteiger partial charge in [-0.25, -0.2) is 0 Å².